The molecule has 0 bridgehead atoms. The third-order valence-corrected chi connectivity index (χ3v) is 7.42. The van der Waals surface area contributed by atoms with Gasteiger partial charge in [-0.15, -0.1) is 0 Å². The first-order valence-electron chi connectivity index (χ1n) is 10.1. The fourth-order valence-electron chi connectivity index (χ4n) is 4.10. The molecule has 1 aliphatic carbocycles. The summed E-state index contributed by atoms with van der Waals surface area (Å²) in [5, 5.41) is 2.90. The first-order valence-corrected chi connectivity index (χ1v) is 11.6. The molecular formula is C23H26N2O3S. The molecule has 29 heavy (non-hydrogen) atoms. The van der Waals surface area contributed by atoms with Crippen LogP contribution < -0.4 is 9.62 Å². The average molecular weight is 411 g/mol. The number of nitrogens with one attached hydrogen (secondary N) is 1. The molecule has 2 aromatic rings. The molecule has 0 spiro atoms. The zero-order chi connectivity index (χ0) is 20.4. The van der Waals surface area contributed by atoms with Gasteiger partial charge in [-0.25, -0.2) is 8.42 Å². The van der Waals surface area contributed by atoms with Crippen LogP contribution in [0.1, 0.15) is 37.7 Å². The monoisotopic (exact) mass is 410 g/mol. The van der Waals surface area contributed by atoms with Gasteiger partial charge in [-0.2, -0.15) is 0 Å². The van der Waals surface area contributed by atoms with Crippen LogP contribution in [0.3, 0.4) is 0 Å². The number of fused-ring (bicyclic) bond motifs is 3. The van der Waals surface area contributed by atoms with Gasteiger partial charge in [0.15, 0.2) is 0 Å². The van der Waals surface area contributed by atoms with E-state index in [1.54, 1.807) is 18.2 Å². The van der Waals surface area contributed by atoms with Crippen LogP contribution in [0.2, 0.25) is 0 Å². The number of nitrogens with zero attached hydrogens (tertiary/aromatic N) is 1. The lowest BCUT2D eigenvalue weighted by atomic mass is 9.97. The second-order valence-corrected chi connectivity index (χ2v) is 9.57. The number of anilines is 1. The van der Waals surface area contributed by atoms with Crippen molar-refractivity contribution in [3.63, 3.8) is 0 Å². The predicted molar refractivity (Wildman–Crippen MR) is 115 cm³/mol. The Morgan fingerprint density at radius 3 is 2.72 bits per heavy atom. The molecule has 0 unspecified atom stereocenters. The van der Waals surface area contributed by atoms with Gasteiger partial charge in [0.05, 0.1) is 10.6 Å². The Bertz CT molecular complexity index is 1070. The molecule has 0 fully saturated rings. The summed E-state index contributed by atoms with van der Waals surface area (Å²) < 4.78 is 27.7. The molecule has 4 rings (SSSR count). The SMILES string of the molecule is Cc1ccc2c(c1)-c1ccccc1S(=O)(=O)N2CC(=O)NCCC1=CCCCC1. The molecule has 5 nitrogen and oxygen atoms in total. The molecule has 152 valence electrons. The Hall–Kier alpha value is -2.60. The summed E-state index contributed by atoms with van der Waals surface area (Å²) in [6, 6.07) is 12.6. The summed E-state index contributed by atoms with van der Waals surface area (Å²) in [6.07, 6.45) is 7.76. The molecule has 6 heteroatoms. The number of amides is 1. The Morgan fingerprint density at radius 2 is 1.93 bits per heavy atom. The fourth-order valence-corrected chi connectivity index (χ4v) is 5.75. The lowest BCUT2D eigenvalue weighted by molar-refractivity contribution is -0.119. The summed E-state index contributed by atoms with van der Waals surface area (Å²) >= 11 is 0. The van der Waals surface area contributed by atoms with Crippen LogP contribution in [0.5, 0.6) is 0 Å². The first-order chi connectivity index (χ1) is 14.0. The zero-order valence-electron chi connectivity index (χ0n) is 16.6. The van der Waals surface area contributed by atoms with E-state index in [0.717, 1.165) is 30.4 Å². The van der Waals surface area contributed by atoms with Crippen molar-refractivity contribution in [1.82, 2.24) is 5.32 Å². The standard InChI is InChI=1S/C23H26N2O3S/c1-17-11-12-21-20(15-17)19-9-5-6-10-22(19)29(27,28)25(21)16-23(26)24-14-13-18-7-3-2-4-8-18/h5-7,9-12,15H,2-4,8,13-14,16H2,1H3,(H,24,26). The molecule has 0 atom stereocenters. The van der Waals surface area contributed by atoms with Crippen LogP contribution >= 0.6 is 0 Å². The molecule has 0 saturated heterocycles. The lowest BCUT2D eigenvalue weighted by Crippen LogP contribution is -2.42. The van der Waals surface area contributed by atoms with E-state index < -0.39 is 10.0 Å². The van der Waals surface area contributed by atoms with Gasteiger partial charge >= 0.3 is 0 Å². The van der Waals surface area contributed by atoms with Crippen molar-refractivity contribution in [1.29, 1.82) is 0 Å². The predicted octanol–water partition coefficient (Wildman–Crippen LogP) is 4.18. The fraction of sp³-hybridized carbons (Fsp3) is 0.348. The highest BCUT2D eigenvalue weighted by Gasteiger charge is 2.35. The van der Waals surface area contributed by atoms with E-state index in [9.17, 15) is 13.2 Å². The maximum absolute atomic E-state index is 13.2. The van der Waals surface area contributed by atoms with Crippen molar-refractivity contribution < 1.29 is 13.2 Å². The van der Waals surface area contributed by atoms with Crippen LogP contribution in [0, 0.1) is 6.92 Å². The molecule has 1 N–H and O–H groups in total. The maximum Gasteiger partial charge on any atom is 0.265 e. The molecule has 1 heterocycles. The molecule has 1 aliphatic heterocycles. The maximum atomic E-state index is 13.2. The zero-order valence-corrected chi connectivity index (χ0v) is 17.5. The van der Waals surface area contributed by atoms with Crippen molar-refractivity contribution in [2.75, 3.05) is 17.4 Å². The molecule has 0 saturated carbocycles. The van der Waals surface area contributed by atoms with E-state index in [-0.39, 0.29) is 17.3 Å². The Kier molecular flexibility index (Phi) is 5.46. The van der Waals surface area contributed by atoms with Gasteiger partial charge in [-0.1, -0.05) is 41.5 Å². The number of hydrogen-bond donors (Lipinski definition) is 1. The Balaban J connectivity index is 1.55. The second-order valence-electron chi connectivity index (χ2n) is 7.74. The number of aryl methyl sites for hydroxylation is 1. The van der Waals surface area contributed by atoms with Crippen molar-refractivity contribution in [2.24, 2.45) is 0 Å². The smallest absolute Gasteiger partial charge is 0.265 e. The van der Waals surface area contributed by atoms with Crippen LogP contribution in [0.25, 0.3) is 11.1 Å². The first kappa shape index (κ1) is 19.7. The minimum atomic E-state index is -3.79. The normalized spacial score (nSPS) is 17.1. The third-order valence-electron chi connectivity index (χ3n) is 5.61. The molecule has 1 amide bonds. The van der Waals surface area contributed by atoms with Crippen molar-refractivity contribution >= 4 is 21.6 Å². The second kappa shape index (κ2) is 8.03. The molecule has 0 radical (unpaired) electrons. The topological polar surface area (TPSA) is 66.5 Å². The van der Waals surface area contributed by atoms with Gasteiger partial charge in [0.2, 0.25) is 5.91 Å². The van der Waals surface area contributed by atoms with E-state index in [1.807, 2.05) is 31.2 Å². The van der Waals surface area contributed by atoms with Crippen LogP contribution in [0.4, 0.5) is 5.69 Å². The van der Waals surface area contributed by atoms with Gasteiger partial charge in [0.1, 0.15) is 6.54 Å². The minimum absolute atomic E-state index is 0.216. The largest absolute Gasteiger partial charge is 0.354 e. The summed E-state index contributed by atoms with van der Waals surface area (Å²) in [6.45, 7) is 2.30. The molecule has 2 aromatic carbocycles. The van der Waals surface area contributed by atoms with Gasteiger partial charge in [-0.3, -0.25) is 9.10 Å². The van der Waals surface area contributed by atoms with Crippen LogP contribution in [-0.4, -0.2) is 27.4 Å². The third kappa shape index (κ3) is 3.94. The highest BCUT2D eigenvalue weighted by atomic mass is 32.2. The molecular weight excluding hydrogens is 384 g/mol. The Morgan fingerprint density at radius 1 is 1.10 bits per heavy atom. The number of rotatable bonds is 5. The number of allylic oxidation sites excluding steroid dienone is 1. The van der Waals surface area contributed by atoms with E-state index >= 15 is 0 Å². The quantitative estimate of drug-likeness (QED) is 0.752. The number of sulfonamides is 1. The van der Waals surface area contributed by atoms with E-state index in [1.165, 1.54) is 22.7 Å². The number of benzene rings is 2. The van der Waals surface area contributed by atoms with Crippen molar-refractivity contribution in [2.45, 2.75) is 43.9 Å². The number of carbonyl (C=O) groups excluding carboxylic acids is 1. The summed E-state index contributed by atoms with van der Waals surface area (Å²) in [5.74, 6) is -0.282. The summed E-state index contributed by atoms with van der Waals surface area (Å²) in [7, 11) is -3.79. The van der Waals surface area contributed by atoms with Crippen LogP contribution in [-0.2, 0) is 14.8 Å². The lowest BCUT2D eigenvalue weighted by Gasteiger charge is -2.31. The van der Waals surface area contributed by atoms with Crippen molar-refractivity contribution in [3.05, 3.63) is 59.7 Å². The number of carbonyl (C=O) groups is 1. The number of hydrogen-bond acceptors (Lipinski definition) is 3. The van der Waals surface area contributed by atoms with Gasteiger partial charge in [-0.05, 0) is 57.2 Å². The van der Waals surface area contributed by atoms with Crippen LogP contribution in [0.15, 0.2) is 59.0 Å². The van der Waals surface area contributed by atoms with E-state index in [4.69, 9.17) is 0 Å². The van der Waals surface area contributed by atoms with Gasteiger partial charge in [0, 0.05) is 17.7 Å². The summed E-state index contributed by atoms with van der Waals surface area (Å²) in [5.41, 5.74) is 4.52. The molecule has 0 aromatic heterocycles. The summed E-state index contributed by atoms with van der Waals surface area (Å²) in [4.78, 5) is 12.8. The van der Waals surface area contributed by atoms with Gasteiger partial charge < -0.3 is 5.32 Å². The van der Waals surface area contributed by atoms with E-state index in [2.05, 4.69) is 11.4 Å². The molecule has 2 aliphatic rings. The van der Waals surface area contributed by atoms with Gasteiger partial charge in [0.25, 0.3) is 10.0 Å². The van der Waals surface area contributed by atoms with E-state index in [0.29, 0.717) is 17.8 Å². The Labute approximate surface area is 172 Å². The average Bonchev–Trinajstić information content (AvgIpc) is 2.72. The highest BCUT2D eigenvalue weighted by Crippen LogP contribution is 2.43. The highest BCUT2D eigenvalue weighted by molar-refractivity contribution is 7.93. The van der Waals surface area contributed by atoms with Crippen molar-refractivity contribution in [3.8, 4) is 11.1 Å². The minimum Gasteiger partial charge on any atom is -0.354 e.